The third-order valence-corrected chi connectivity index (χ3v) is 6.85. The van der Waals surface area contributed by atoms with Crippen molar-refractivity contribution in [2.24, 2.45) is 0 Å². The van der Waals surface area contributed by atoms with Crippen LogP contribution in [-0.4, -0.2) is 93.6 Å². The molecule has 238 valence electrons. The second-order valence-corrected chi connectivity index (χ2v) is 10.5. The van der Waals surface area contributed by atoms with Crippen molar-refractivity contribution in [3.8, 4) is 0 Å². The second-order valence-electron chi connectivity index (χ2n) is 10.5. The summed E-state index contributed by atoms with van der Waals surface area (Å²) in [6.45, 7) is 17.1. The number of carbonyl (C=O) groups is 1. The SMILES string of the molecule is CCCCOC(OCCCC)C(OCCCC)N1CCN(C(OCCCC)C(OCCCC)OCCCC)C1=O. The lowest BCUT2D eigenvalue weighted by molar-refractivity contribution is -0.242. The average molecular weight is 575 g/mol. The second kappa shape index (κ2) is 24.6. The van der Waals surface area contributed by atoms with E-state index in [2.05, 4.69) is 41.5 Å². The lowest BCUT2D eigenvalue weighted by Gasteiger charge is -2.36. The van der Waals surface area contributed by atoms with Gasteiger partial charge in [0, 0.05) is 52.7 Å². The topological polar surface area (TPSA) is 78.9 Å². The molecule has 1 saturated heterocycles. The number of ether oxygens (including phenoxy) is 6. The van der Waals surface area contributed by atoms with Gasteiger partial charge in [0.25, 0.3) is 0 Å². The minimum absolute atomic E-state index is 0.158. The number of urea groups is 1. The van der Waals surface area contributed by atoms with Crippen LogP contribution in [0, 0.1) is 0 Å². The van der Waals surface area contributed by atoms with Crippen LogP contribution in [0.2, 0.25) is 0 Å². The number of rotatable bonds is 28. The van der Waals surface area contributed by atoms with Gasteiger partial charge in [-0.1, -0.05) is 80.1 Å². The molecule has 0 aromatic rings. The molecule has 2 atom stereocenters. The number of carbonyl (C=O) groups excluding carboxylic acids is 1. The Hall–Kier alpha value is -0.970. The smallest absolute Gasteiger partial charge is 0.324 e. The lowest BCUT2D eigenvalue weighted by Crippen LogP contribution is -2.53. The van der Waals surface area contributed by atoms with Gasteiger partial charge in [-0.05, 0) is 38.5 Å². The third kappa shape index (κ3) is 14.3. The minimum atomic E-state index is -0.643. The molecule has 9 nitrogen and oxygen atoms in total. The maximum absolute atomic E-state index is 14.1. The summed E-state index contributed by atoms with van der Waals surface area (Å²) in [6, 6.07) is -0.158. The summed E-state index contributed by atoms with van der Waals surface area (Å²) in [5.41, 5.74) is 0. The van der Waals surface area contributed by atoms with Crippen molar-refractivity contribution in [1.82, 2.24) is 9.80 Å². The van der Waals surface area contributed by atoms with Gasteiger partial charge in [-0.3, -0.25) is 9.80 Å². The first kappa shape index (κ1) is 37.1. The molecule has 40 heavy (non-hydrogen) atoms. The van der Waals surface area contributed by atoms with E-state index in [1.165, 1.54) is 0 Å². The van der Waals surface area contributed by atoms with E-state index in [4.69, 9.17) is 28.4 Å². The van der Waals surface area contributed by atoms with Crippen molar-refractivity contribution in [3.63, 3.8) is 0 Å². The van der Waals surface area contributed by atoms with Gasteiger partial charge in [-0.15, -0.1) is 0 Å². The van der Waals surface area contributed by atoms with Crippen molar-refractivity contribution in [2.45, 2.75) is 144 Å². The molecule has 2 unspecified atom stereocenters. The lowest BCUT2D eigenvalue weighted by atomic mass is 10.3. The highest BCUT2D eigenvalue weighted by Gasteiger charge is 2.44. The van der Waals surface area contributed by atoms with Gasteiger partial charge in [0.2, 0.25) is 12.6 Å². The number of amides is 2. The molecule has 0 saturated carbocycles. The monoisotopic (exact) mass is 574 g/mol. The molecule has 0 radical (unpaired) electrons. The van der Waals surface area contributed by atoms with Crippen molar-refractivity contribution in [1.29, 1.82) is 0 Å². The fraction of sp³-hybridized carbons (Fsp3) is 0.968. The van der Waals surface area contributed by atoms with E-state index in [0.29, 0.717) is 52.7 Å². The van der Waals surface area contributed by atoms with Crippen LogP contribution >= 0.6 is 0 Å². The first-order chi connectivity index (χ1) is 19.6. The van der Waals surface area contributed by atoms with Crippen molar-refractivity contribution < 1.29 is 33.2 Å². The third-order valence-electron chi connectivity index (χ3n) is 6.85. The van der Waals surface area contributed by atoms with E-state index in [-0.39, 0.29) is 6.03 Å². The molecule has 0 aromatic carbocycles. The van der Waals surface area contributed by atoms with Gasteiger partial charge in [0.05, 0.1) is 0 Å². The molecule has 1 aliphatic rings. The number of hydrogen-bond acceptors (Lipinski definition) is 7. The van der Waals surface area contributed by atoms with Crippen LogP contribution in [0.25, 0.3) is 0 Å². The predicted octanol–water partition coefficient (Wildman–Crippen LogP) is 6.93. The minimum Gasteiger partial charge on any atom is -0.353 e. The Morgan fingerprint density at radius 2 is 0.725 bits per heavy atom. The largest absolute Gasteiger partial charge is 0.353 e. The number of nitrogens with zero attached hydrogens (tertiary/aromatic N) is 2. The van der Waals surface area contributed by atoms with Crippen LogP contribution in [0.4, 0.5) is 4.79 Å². The molecular weight excluding hydrogens is 512 g/mol. The Kier molecular flexibility index (Phi) is 22.8. The zero-order chi connectivity index (χ0) is 29.4. The quantitative estimate of drug-likeness (QED) is 0.0741. The van der Waals surface area contributed by atoms with Crippen molar-refractivity contribution >= 4 is 6.03 Å². The predicted molar refractivity (Wildman–Crippen MR) is 159 cm³/mol. The van der Waals surface area contributed by atoms with Gasteiger partial charge in [0.1, 0.15) is 0 Å². The molecule has 0 aliphatic carbocycles. The van der Waals surface area contributed by atoms with E-state index in [1.54, 1.807) is 9.80 Å². The molecule has 1 fully saturated rings. The molecule has 0 aromatic heterocycles. The summed E-state index contributed by atoms with van der Waals surface area (Å²) < 4.78 is 37.4. The molecule has 1 rings (SSSR count). The van der Waals surface area contributed by atoms with E-state index in [9.17, 15) is 4.79 Å². The van der Waals surface area contributed by atoms with Crippen LogP contribution in [0.15, 0.2) is 0 Å². The molecule has 9 heteroatoms. The first-order valence-electron chi connectivity index (χ1n) is 16.4. The molecule has 1 aliphatic heterocycles. The summed E-state index contributed by atoms with van der Waals surface area (Å²) in [4.78, 5) is 17.6. The Balaban J connectivity index is 3.19. The van der Waals surface area contributed by atoms with Gasteiger partial charge < -0.3 is 28.4 Å². The molecular formula is C31H62N2O7. The number of unbranched alkanes of at least 4 members (excludes halogenated alkanes) is 6. The van der Waals surface area contributed by atoms with Crippen LogP contribution in [0.1, 0.15) is 119 Å². The van der Waals surface area contributed by atoms with Crippen LogP contribution in [0.3, 0.4) is 0 Å². The van der Waals surface area contributed by atoms with E-state index >= 15 is 0 Å². The van der Waals surface area contributed by atoms with E-state index < -0.39 is 25.0 Å². The Labute approximate surface area is 245 Å². The van der Waals surface area contributed by atoms with Gasteiger partial charge in [-0.25, -0.2) is 4.79 Å². The van der Waals surface area contributed by atoms with Gasteiger partial charge >= 0.3 is 6.03 Å². The van der Waals surface area contributed by atoms with Crippen LogP contribution in [-0.2, 0) is 28.4 Å². The fourth-order valence-corrected chi connectivity index (χ4v) is 4.17. The van der Waals surface area contributed by atoms with Crippen LogP contribution in [0.5, 0.6) is 0 Å². The van der Waals surface area contributed by atoms with Crippen LogP contribution < -0.4 is 0 Å². The van der Waals surface area contributed by atoms with Gasteiger partial charge in [0.15, 0.2) is 12.5 Å². The highest BCUT2D eigenvalue weighted by Crippen LogP contribution is 2.25. The fourth-order valence-electron chi connectivity index (χ4n) is 4.17. The Morgan fingerprint density at radius 3 is 0.975 bits per heavy atom. The van der Waals surface area contributed by atoms with E-state index in [0.717, 1.165) is 77.0 Å². The summed E-state index contributed by atoms with van der Waals surface area (Å²) >= 11 is 0. The summed E-state index contributed by atoms with van der Waals surface area (Å²) in [7, 11) is 0. The summed E-state index contributed by atoms with van der Waals surface area (Å²) in [6.07, 6.45) is 9.06. The molecule has 0 bridgehead atoms. The molecule has 1 heterocycles. The highest BCUT2D eigenvalue weighted by molar-refractivity contribution is 5.77. The van der Waals surface area contributed by atoms with Gasteiger partial charge in [-0.2, -0.15) is 0 Å². The maximum atomic E-state index is 14.1. The first-order valence-corrected chi connectivity index (χ1v) is 16.4. The standard InChI is InChI=1S/C31H62N2O7/c1-7-13-21-35-27(29(37-23-15-9-3)38-24-16-10-4)32-19-20-33(31(32)34)28(36-22-14-8-2)30(39-25-17-11-5)40-26-18-12-6/h27-30H,7-26H2,1-6H3. The zero-order valence-electron chi connectivity index (χ0n) is 26.7. The zero-order valence-corrected chi connectivity index (χ0v) is 26.7. The summed E-state index contributed by atoms with van der Waals surface area (Å²) in [5.74, 6) is 0. The molecule has 2 amide bonds. The normalized spacial score (nSPS) is 15.7. The maximum Gasteiger partial charge on any atom is 0.324 e. The molecule has 0 N–H and O–H groups in total. The Bertz CT molecular complexity index is 530. The van der Waals surface area contributed by atoms with Crippen molar-refractivity contribution in [3.05, 3.63) is 0 Å². The molecule has 0 spiro atoms. The van der Waals surface area contributed by atoms with E-state index in [1.807, 2.05) is 0 Å². The summed E-state index contributed by atoms with van der Waals surface area (Å²) in [5, 5.41) is 0. The number of hydrogen-bond donors (Lipinski definition) is 0. The Morgan fingerprint density at radius 1 is 0.475 bits per heavy atom. The van der Waals surface area contributed by atoms with Crippen molar-refractivity contribution in [2.75, 3.05) is 52.7 Å². The average Bonchev–Trinajstić information content (AvgIpc) is 3.33. The highest BCUT2D eigenvalue weighted by atomic mass is 16.7.